The first-order valence-electron chi connectivity index (χ1n) is 5.95. The van der Waals surface area contributed by atoms with Gasteiger partial charge in [-0.3, -0.25) is 4.68 Å². The largest absolute Gasteiger partial charge is 0.330 e. The quantitative estimate of drug-likeness (QED) is 0.778. The summed E-state index contributed by atoms with van der Waals surface area (Å²) < 4.78 is 1.99. The zero-order valence-corrected chi connectivity index (χ0v) is 11.6. The molecular weight excluding hydrogens is 218 g/mol. The number of aromatic nitrogens is 2. The monoisotopic (exact) mass is 241 g/mol. The highest BCUT2D eigenvalue weighted by molar-refractivity contribution is 7.99. The number of rotatable bonds is 6. The van der Waals surface area contributed by atoms with Crippen LogP contribution >= 0.6 is 11.8 Å². The molecule has 1 rings (SSSR count). The van der Waals surface area contributed by atoms with Crippen LogP contribution in [-0.2, 0) is 13.5 Å². The maximum Gasteiger partial charge on any atom is 0.0971 e. The summed E-state index contributed by atoms with van der Waals surface area (Å²) in [6.07, 6.45) is 2.17. The molecule has 0 aliphatic carbocycles. The third-order valence-corrected chi connectivity index (χ3v) is 4.40. The van der Waals surface area contributed by atoms with Gasteiger partial charge in [0.1, 0.15) is 0 Å². The van der Waals surface area contributed by atoms with Crippen molar-refractivity contribution in [2.75, 3.05) is 12.3 Å². The summed E-state index contributed by atoms with van der Waals surface area (Å²) in [7, 11) is 2.02. The molecular formula is C12H23N3S. The maximum absolute atomic E-state index is 5.64. The lowest BCUT2D eigenvalue weighted by atomic mass is 10.2. The van der Waals surface area contributed by atoms with Gasteiger partial charge in [0.2, 0.25) is 0 Å². The molecule has 0 fully saturated rings. The van der Waals surface area contributed by atoms with E-state index >= 15 is 0 Å². The Kier molecular flexibility index (Phi) is 5.35. The van der Waals surface area contributed by atoms with Crippen LogP contribution in [0, 0.1) is 12.8 Å². The van der Waals surface area contributed by atoms with Gasteiger partial charge in [0.05, 0.1) is 10.7 Å². The van der Waals surface area contributed by atoms with Gasteiger partial charge in [-0.25, -0.2) is 0 Å². The normalized spacial score (nSPS) is 13.1. The second-order valence-corrected chi connectivity index (χ2v) is 5.36. The molecule has 0 bridgehead atoms. The SMILES string of the molecule is CCC(C)CSc1c(CCN)c(C)nn1C. The number of hydrogen-bond acceptors (Lipinski definition) is 3. The molecule has 0 amide bonds. The van der Waals surface area contributed by atoms with Crippen LogP contribution in [0.5, 0.6) is 0 Å². The minimum absolute atomic E-state index is 0.698. The first-order valence-corrected chi connectivity index (χ1v) is 6.94. The van der Waals surface area contributed by atoms with Crippen LogP contribution < -0.4 is 5.73 Å². The van der Waals surface area contributed by atoms with Gasteiger partial charge < -0.3 is 5.73 Å². The molecule has 1 aromatic heterocycles. The summed E-state index contributed by atoms with van der Waals surface area (Å²) in [5, 5.41) is 5.77. The molecule has 0 aliphatic heterocycles. The summed E-state index contributed by atoms with van der Waals surface area (Å²) in [6.45, 7) is 7.29. The first-order chi connectivity index (χ1) is 7.60. The minimum atomic E-state index is 0.698. The molecule has 3 nitrogen and oxygen atoms in total. The third kappa shape index (κ3) is 3.25. The minimum Gasteiger partial charge on any atom is -0.330 e. The van der Waals surface area contributed by atoms with Gasteiger partial charge >= 0.3 is 0 Å². The standard InChI is InChI=1S/C12H23N3S/c1-5-9(2)8-16-12-11(6-7-13)10(3)14-15(12)4/h9H,5-8,13H2,1-4H3. The molecule has 16 heavy (non-hydrogen) atoms. The van der Waals surface area contributed by atoms with Gasteiger partial charge in [-0.15, -0.1) is 11.8 Å². The van der Waals surface area contributed by atoms with Crippen LogP contribution in [0.4, 0.5) is 0 Å². The zero-order chi connectivity index (χ0) is 12.1. The van der Waals surface area contributed by atoms with Crippen molar-refractivity contribution in [3.8, 4) is 0 Å². The molecule has 92 valence electrons. The van der Waals surface area contributed by atoms with E-state index in [0.29, 0.717) is 6.54 Å². The zero-order valence-electron chi connectivity index (χ0n) is 10.8. The lowest BCUT2D eigenvalue weighted by Crippen LogP contribution is -2.05. The van der Waals surface area contributed by atoms with E-state index in [-0.39, 0.29) is 0 Å². The number of nitrogens with two attached hydrogens (primary N) is 1. The van der Waals surface area contributed by atoms with E-state index in [1.807, 2.05) is 23.5 Å². The van der Waals surface area contributed by atoms with Crippen molar-refractivity contribution in [1.29, 1.82) is 0 Å². The lowest BCUT2D eigenvalue weighted by molar-refractivity contribution is 0.632. The van der Waals surface area contributed by atoms with Gasteiger partial charge in [0, 0.05) is 18.4 Å². The molecule has 0 aromatic carbocycles. The summed E-state index contributed by atoms with van der Waals surface area (Å²) >= 11 is 1.91. The van der Waals surface area contributed by atoms with Gasteiger partial charge in [0.25, 0.3) is 0 Å². The number of thioether (sulfide) groups is 1. The van der Waals surface area contributed by atoms with Crippen LogP contribution in [0.15, 0.2) is 5.03 Å². The Labute approximate surface area is 103 Å². The lowest BCUT2D eigenvalue weighted by Gasteiger charge is -2.09. The molecule has 0 saturated carbocycles. The molecule has 0 saturated heterocycles. The van der Waals surface area contributed by atoms with E-state index in [9.17, 15) is 0 Å². The Bertz CT molecular complexity index is 333. The summed E-state index contributed by atoms with van der Waals surface area (Å²) in [5.41, 5.74) is 8.10. The second-order valence-electron chi connectivity index (χ2n) is 4.36. The van der Waals surface area contributed by atoms with Crippen LogP contribution in [-0.4, -0.2) is 22.1 Å². The Hall–Kier alpha value is -0.480. The van der Waals surface area contributed by atoms with E-state index in [2.05, 4.69) is 25.9 Å². The predicted molar refractivity (Wildman–Crippen MR) is 70.9 cm³/mol. The maximum atomic E-state index is 5.64. The Morgan fingerprint density at radius 3 is 2.75 bits per heavy atom. The second kappa shape index (κ2) is 6.30. The molecule has 0 aliphatic rings. The average molecular weight is 241 g/mol. The summed E-state index contributed by atoms with van der Waals surface area (Å²) in [5.74, 6) is 1.92. The molecule has 1 heterocycles. The highest BCUT2D eigenvalue weighted by Crippen LogP contribution is 2.27. The van der Waals surface area contributed by atoms with E-state index < -0.39 is 0 Å². The van der Waals surface area contributed by atoms with E-state index in [4.69, 9.17) is 5.73 Å². The van der Waals surface area contributed by atoms with Crippen molar-refractivity contribution in [3.63, 3.8) is 0 Å². The fraction of sp³-hybridized carbons (Fsp3) is 0.750. The van der Waals surface area contributed by atoms with Crippen molar-refractivity contribution in [2.45, 2.75) is 38.6 Å². The Morgan fingerprint density at radius 1 is 1.50 bits per heavy atom. The predicted octanol–water partition coefficient (Wildman–Crippen LogP) is 2.37. The van der Waals surface area contributed by atoms with Crippen LogP contribution in [0.3, 0.4) is 0 Å². The third-order valence-electron chi connectivity index (χ3n) is 2.88. The van der Waals surface area contributed by atoms with Gasteiger partial charge in [-0.05, 0) is 25.8 Å². The van der Waals surface area contributed by atoms with E-state index in [0.717, 1.165) is 23.8 Å². The van der Waals surface area contributed by atoms with Crippen molar-refractivity contribution < 1.29 is 0 Å². The molecule has 1 atom stereocenters. The fourth-order valence-electron chi connectivity index (χ4n) is 1.63. The van der Waals surface area contributed by atoms with Gasteiger partial charge in [0.15, 0.2) is 0 Å². The summed E-state index contributed by atoms with van der Waals surface area (Å²) in [4.78, 5) is 0. The van der Waals surface area contributed by atoms with Crippen LogP contribution in [0.1, 0.15) is 31.5 Å². The van der Waals surface area contributed by atoms with Crippen LogP contribution in [0.25, 0.3) is 0 Å². The topological polar surface area (TPSA) is 43.8 Å². The smallest absolute Gasteiger partial charge is 0.0971 e. The van der Waals surface area contributed by atoms with Crippen molar-refractivity contribution >= 4 is 11.8 Å². The van der Waals surface area contributed by atoms with Gasteiger partial charge in [-0.1, -0.05) is 20.3 Å². The first kappa shape index (κ1) is 13.6. The van der Waals surface area contributed by atoms with Crippen LogP contribution in [0.2, 0.25) is 0 Å². The Balaban J connectivity index is 2.77. The molecule has 2 N–H and O–H groups in total. The highest BCUT2D eigenvalue weighted by atomic mass is 32.2. The van der Waals surface area contributed by atoms with Crippen molar-refractivity contribution in [2.24, 2.45) is 18.7 Å². The fourth-order valence-corrected chi connectivity index (χ4v) is 2.96. The average Bonchev–Trinajstić information content (AvgIpc) is 2.52. The van der Waals surface area contributed by atoms with Gasteiger partial charge in [-0.2, -0.15) is 5.10 Å². The number of nitrogens with zero attached hydrogens (tertiary/aromatic N) is 2. The number of aryl methyl sites for hydroxylation is 2. The van der Waals surface area contributed by atoms with Crippen molar-refractivity contribution in [3.05, 3.63) is 11.3 Å². The van der Waals surface area contributed by atoms with E-state index in [1.165, 1.54) is 17.0 Å². The number of hydrogen-bond donors (Lipinski definition) is 1. The molecule has 1 unspecified atom stereocenters. The molecule has 0 radical (unpaired) electrons. The highest BCUT2D eigenvalue weighted by Gasteiger charge is 2.13. The summed E-state index contributed by atoms with van der Waals surface area (Å²) in [6, 6.07) is 0. The Morgan fingerprint density at radius 2 is 2.19 bits per heavy atom. The molecule has 0 spiro atoms. The molecule has 1 aromatic rings. The molecule has 4 heteroatoms. The van der Waals surface area contributed by atoms with E-state index in [1.54, 1.807) is 0 Å². The van der Waals surface area contributed by atoms with Crippen molar-refractivity contribution in [1.82, 2.24) is 9.78 Å².